The smallest absolute Gasteiger partial charge is 0.275 e. The van der Waals surface area contributed by atoms with Crippen molar-refractivity contribution in [3.63, 3.8) is 0 Å². The van der Waals surface area contributed by atoms with Crippen LogP contribution in [0.5, 0.6) is 0 Å². The van der Waals surface area contributed by atoms with E-state index in [1.54, 1.807) is 0 Å². The third-order valence-corrected chi connectivity index (χ3v) is 0.655. The van der Waals surface area contributed by atoms with E-state index in [0.29, 0.717) is 6.04 Å². The van der Waals surface area contributed by atoms with Gasteiger partial charge in [0.1, 0.15) is 0 Å². The molecule has 0 aliphatic carbocycles. The van der Waals surface area contributed by atoms with Crippen LogP contribution in [0.3, 0.4) is 0 Å². The van der Waals surface area contributed by atoms with Crippen LogP contribution >= 0.6 is 23.6 Å². The van der Waals surface area contributed by atoms with Crippen molar-refractivity contribution in [1.82, 2.24) is 9.58 Å². The van der Waals surface area contributed by atoms with E-state index in [9.17, 15) is 0 Å². The van der Waals surface area contributed by atoms with Gasteiger partial charge in [0.2, 0.25) is 0 Å². The third-order valence-electron chi connectivity index (χ3n) is 0.218. The molecule has 0 saturated heterocycles. The first-order valence-corrected chi connectivity index (χ1v) is 2.92. The molecule has 10 heavy (non-hydrogen) atoms. The van der Waals surface area contributed by atoms with Gasteiger partial charge < -0.3 is 0 Å². The summed E-state index contributed by atoms with van der Waals surface area (Å²) in [5, 5.41) is 14.4. The van der Waals surface area contributed by atoms with E-state index in [1.165, 1.54) is 0 Å². The van der Waals surface area contributed by atoms with Gasteiger partial charge in [-0.1, -0.05) is 0 Å². The normalized spacial score (nSPS) is 8.40. The van der Waals surface area contributed by atoms with Gasteiger partial charge >= 0.3 is 21.1 Å². The van der Waals surface area contributed by atoms with E-state index in [2.05, 4.69) is 16.6 Å². The summed E-state index contributed by atoms with van der Waals surface area (Å²) < 4.78 is -0.528. The zero-order valence-electron chi connectivity index (χ0n) is 5.49. The molecule has 0 aliphatic rings. The first kappa shape index (κ1) is 17.3. The summed E-state index contributed by atoms with van der Waals surface area (Å²) in [6.07, 6.45) is 0. The van der Waals surface area contributed by atoms with Gasteiger partial charge in [-0.05, 0) is 25.6 Å². The minimum Gasteiger partial charge on any atom is -0.275 e. The van der Waals surface area contributed by atoms with E-state index in [-0.39, 0.29) is 21.1 Å². The third kappa shape index (κ3) is 62.0. The van der Waals surface area contributed by atoms with Crippen molar-refractivity contribution in [3.05, 3.63) is 0 Å². The van der Waals surface area contributed by atoms with Crippen LogP contribution in [0, 0.1) is 0 Å². The Morgan fingerprint density at radius 2 is 1.50 bits per heavy atom. The van der Waals surface area contributed by atoms with E-state index >= 15 is 0 Å². The molecule has 0 fully saturated rings. The molecular weight excluding hydrogens is 362 g/mol. The molecule has 3 N–H and O–H groups in total. The van der Waals surface area contributed by atoms with Gasteiger partial charge in [0.25, 0.3) is 0 Å². The summed E-state index contributed by atoms with van der Waals surface area (Å²) in [5.74, 6) is 0. The van der Waals surface area contributed by atoms with Crippen molar-refractivity contribution in [3.8, 4) is 0 Å². The summed E-state index contributed by atoms with van der Waals surface area (Å²) in [7, 11) is 0. The Hall–Kier alpha value is 1.11. The summed E-state index contributed by atoms with van der Waals surface area (Å²) in [6, 6.07) is 0.400. The first-order chi connectivity index (χ1) is 4.00. The average Bonchev–Trinajstić information content (AvgIpc) is 1.65. The van der Waals surface area contributed by atoms with E-state index < -0.39 is 4.75 Å². The minimum absolute atomic E-state index is 0. The molecule has 0 saturated carbocycles. The van der Waals surface area contributed by atoms with Crippen molar-refractivity contribution in [2.75, 3.05) is 0 Å². The Labute approximate surface area is 84.5 Å². The maximum atomic E-state index is 7.21. The Morgan fingerprint density at radius 3 is 1.50 bits per heavy atom. The monoisotopic (exact) mass is 371 g/mol. The van der Waals surface area contributed by atoms with Crippen LogP contribution < -0.4 is 4.84 Å². The molecule has 0 aromatic heterocycles. The van der Waals surface area contributed by atoms with Crippen LogP contribution in [0.2, 0.25) is 0 Å². The summed E-state index contributed by atoms with van der Waals surface area (Å²) in [6.45, 7) is 3.96. The second kappa shape index (κ2) is 12.8. The van der Waals surface area contributed by atoms with Gasteiger partial charge in [-0.25, -0.2) is 4.84 Å². The van der Waals surface area contributed by atoms with Crippen molar-refractivity contribution >= 4 is 23.6 Å². The Morgan fingerprint density at radius 1 is 1.40 bits per heavy atom. The molecule has 0 heterocycles. The number of hydrogen-bond donors (Lipinski definition) is 3. The van der Waals surface area contributed by atoms with Crippen LogP contribution in [-0.4, -0.2) is 21.2 Å². The SMILES string of the molecule is CC(C)NCl.ON(O)Cl.[Pt+4]. The molecule has 0 aromatic carbocycles. The number of nitrogens with zero attached hydrogens (tertiary/aromatic N) is 1. The average molecular weight is 372 g/mol. The van der Waals surface area contributed by atoms with Gasteiger partial charge in [0, 0.05) is 22.6 Å². The molecule has 0 spiro atoms. The standard InChI is InChI=1S/C3H8ClN.ClH2NO2.Pt/c1-3(2)5-4;1-2(3)4;/h3,5H,1-2H3;3-4H;/q;;+4. The molecule has 0 aromatic rings. The summed E-state index contributed by atoms with van der Waals surface area (Å²) in [5.41, 5.74) is 0. The molecule has 0 rings (SSSR count). The second-order valence-corrected chi connectivity index (χ2v) is 2.03. The van der Waals surface area contributed by atoms with E-state index in [4.69, 9.17) is 22.2 Å². The van der Waals surface area contributed by atoms with Crippen molar-refractivity contribution in [2.24, 2.45) is 0 Å². The van der Waals surface area contributed by atoms with Crippen LogP contribution in [0.4, 0.5) is 0 Å². The van der Waals surface area contributed by atoms with Crippen molar-refractivity contribution < 1.29 is 31.5 Å². The molecule has 0 unspecified atom stereocenters. The topological polar surface area (TPSA) is 55.7 Å². The predicted molar refractivity (Wildman–Crippen MR) is 35.4 cm³/mol. The molecule has 0 radical (unpaired) electrons. The van der Waals surface area contributed by atoms with Gasteiger partial charge in [0.05, 0.1) is 0 Å². The quantitative estimate of drug-likeness (QED) is 0.481. The Bertz CT molecular complexity index is 55.0. The van der Waals surface area contributed by atoms with Gasteiger partial charge in [0.15, 0.2) is 0 Å². The van der Waals surface area contributed by atoms with Crippen LogP contribution in [0.25, 0.3) is 0 Å². The Kier molecular flexibility index (Phi) is 22.0. The fourth-order valence-electron chi connectivity index (χ4n) is 0. The van der Waals surface area contributed by atoms with E-state index in [0.717, 1.165) is 0 Å². The maximum absolute atomic E-state index is 7.21. The second-order valence-electron chi connectivity index (χ2n) is 1.50. The van der Waals surface area contributed by atoms with Crippen LogP contribution in [0.15, 0.2) is 0 Å². The van der Waals surface area contributed by atoms with Gasteiger partial charge in [-0.2, -0.15) is 0 Å². The van der Waals surface area contributed by atoms with Crippen LogP contribution in [-0.2, 0) is 21.1 Å². The molecular formula is C3H10Cl2N2O2Pt+4. The van der Waals surface area contributed by atoms with Gasteiger partial charge in [-0.3, -0.25) is 10.4 Å². The first-order valence-electron chi connectivity index (χ1n) is 2.20. The molecule has 0 aliphatic heterocycles. The fraction of sp³-hybridized carbons (Fsp3) is 1.00. The van der Waals surface area contributed by atoms with Crippen molar-refractivity contribution in [2.45, 2.75) is 19.9 Å². The number of nitrogens with one attached hydrogen (secondary N) is 1. The molecule has 4 nitrogen and oxygen atoms in total. The number of rotatable bonds is 1. The zero-order chi connectivity index (χ0) is 7.86. The van der Waals surface area contributed by atoms with E-state index in [1.807, 2.05) is 13.8 Å². The molecule has 7 heteroatoms. The molecule has 0 amide bonds. The zero-order valence-corrected chi connectivity index (χ0v) is 9.28. The van der Waals surface area contributed by atoms with Crippen LogP contribution in [0.1, 0.15) is 13.8 Å². The predicted octanol–water partition coefficient (Wildman–Crippen LogP) is 1.36. The minimum atomic E-state index is -0.528. The molecule has 0 bridgehead atoms. The molecule has 64 valence electrons. The van der Waals surface area contributed by atoms with Gasteiger partial charge in [-0.15, -0.1) is 0 Å². The largest absolute Gasteiger partial charge is 4.00 e. The fourth-order valence-corrected chi connectivity index (χ4v) is 0. The number of hydrogen-bond acceptors (Lipinski definition) is 4. The maximum Gasteiger partial charge on any atom is 4.00 e. The Balaban J connectivity index is -0.0000000910. The van der Waals surface area contributed by atoms with Crippen molar-refractivity contribution in [1.29, 1.82) is 0 Å². The summed E-state index contributed by atoms with van der Waals surface area (Å²) in [4.78, 5) is 2.50. The number of halogens is 2. The summed E-state index contributed by atoms with van der Waals surface area (Å²) >= 11 is 9.31. The molecule has 0 atom stereocenters.